The molecule has 21 heavy (non-hydrogen) atoms. The van der Waals surface area contributed by atoms with Gasteiger partial charge in [-0.1, -0.05) is 6.92 Å². The molecule has 0 spiro atoms. The highest BCUT2D eigenvalue weighted by molar-refractivity contribution is 5.97. The van der Waals surface area contributed by atoms with Gasteiger partial charge in [-0.15, -0.1) is 0 Å². The van der Waals surface area contributed by atoms with Crippen molar-refractivity contribution in [2.75, 3.05) is 0 Å². The van der Waals surface area contributed by atoms with Crippen LogP contribution in [0, 0.1) is 0 Å². The van der Waals surface area contributed by atoms with Crippen LogP contribution in [0.15, 0.2) is 36.7 Å². The summed E-state index contributed by atoms with van der Waals surface area (Å²) < 4.78 is 0. The summed E-state index contributed by atoms with van der Waals surface area (Å²) in [6, 6.07) is 2.56. The first-order valence-electron chi connectivity index (χ1n) is 6.41. The van der Waals surface area contributed by atoms with E-state index >= 15 is 0 Å². The summed E-state index contributed by atoms with van der Waals surface area (Å²) >= 11 is 0. The van der Waals surface area contributed by atoms with Gasteiger partial charge in [-0.2, -0.15) is 0 Å². The van der Waals surface area contributed by atoms with Crippen LogP contribution >= 0.6 is 0 Å². The first kappa shape index (κ1) is 16.4. The van der Waals surface area contributed by atoms with Gasteiger partial charge in [0.2, 0.25) is 11.8 Å². The molecule has 1 heterocycles. The summed E-state index contributed by atoms with van der Waals surface area (Å²) in [7, 11) is 0. The van der Waals surface area contributed by atoms with Gasteiger partial charge in [-0.05, 0) is 24.1 Å². The van der Waals surface area contributed by atoms with Crippen LogP contribution in [0.2, 0.25) is 0 Å². The summed E-state index contributed by atoms with van der Waals surface area (Å²) in [5.74, 6) is -2.17. The van der Waals surface area contributed by atoms with E-state index in [1.54, 1.807) is 31.5 Å². The Morgan fingerprint density at radius 1 is 1.24 bits per heavy atom. The minimum atomic E-state index is -1.11. The predicted molar refractivity (Wildman–Crippen MR) is 75.1 cm³/mol. The second kappa shape index (κ2) is 8.47. The number of carbonyl (C=O) groups excluding carboxylic acids is 2. The van der Waals surface area contributed by atoms with E-state index in [0.29, 0.717) is 6.54 Å². The van der Waals surface area contributed by atoms with Crippen LogP contribution in [0.4, 0.5) is 0 Å². The lowest BCUT2D eigenvalue weighted by molar-refractivity contribution is -0.141. The monoisotopic (exact) mass is 291 g/mol. The van der Waals surface area contributed by atoms with Crippen molar-refractivity contribution < 1.29 is 19.5 Å². The molecule has 0 saturated carbocycles. The number of nitrogens with zero attached hydrogens (tertiary/aromatic N) is 1. The molecule has 3 N–H and O–H groups in total. The molecule has 0 aliphatic rings. The van der Waals surface area contributed by atoms with Gasteiger partial charge in [-0.3, -0.25) is 14.6 Å². The fraction of sp³-hybridized carbons (Fsp3) is 0.286. The molecule has 0 fully saturated rings. The van der Waals surface area contributed by atoms with Gasteiger partial charge < -0.3 is 15.7 Å². The van der Waals surface area contributed by atoms with Crippen molar-refractivity contribution in [3.8, 4) is 0 Å². The zero-order chi connectivity index (χ0) is 15.7. The van der Waals surface area contributed by atoms with Gasteiger partial charge in [0, 0.05) is 31.1 Å². The highest BCUT2D eigenvalue weighted by Crippen LogP contribution is 1.95. The van der Waals surface area contributed by atoms with Crippen molar-refractivity contribution in [1.82, 2.24) is 15.6 Å². The summed E-state index contributed by atoms with van der Waals surface area (Å²) in [5.41, 5.74) is 0.883. The number of nitrogens with one attached hydrogen (secondary N) is 2. The Bertz CT molecular complexity index is 528. The molecule has 2 amide bonds. The highest BCUT2D eigenvalue weighted by atomic mass is 16.4. The lowest BCUT2D eigenvalue weighted by Crippen LogP contribution is -2.39. The van der Waals surface area contributed by atoms with E-state index in [1.165, 1.54) is 0 Å². The second-order valence-corrected chi connectivity index (χ2v) is 4.21. The van der Waals surface area contributed by atoms with Crippen LogP contribution < -0.4 is 10.6 Å². The van der Waals surface area contributed by atoms with Crippen LogP contribution in [0.25, 0.3) is 0 Å². The molecule has 7 nitrogen and oxygen atoms in total. The van der Waals surface area contributed by atoms with E-state index in [0.717, 1.165) is 17.7 Å². The van der Waals surface area contributed by atoms with Crippen LogP contribution in [0.3, 0.4) is 0 Å². The Morgan fingerprint density at radius 3 is 2.43 bits per heavy atom. The molecule has 0 saturated heterocycles. The first-order valence-corrected chi connectivity index (χ1v) is 6.41. The minimum absolute atomic E-state index is 0.267. The van der Waals surface area contributed by atoms with E-state index in [4.69, 9.17) is 5.11 Å². The number of hydrogen-bond acceptors (Lipinski definition) is 4. The van der Waals surface area contributed by atoms with Gasteiger partial charge in [0.1, 0.15) is 6.04 Å². The maximum absolute atomic E-state index is 11.5. The van der Waals surface area contributed by atoms with Gasteiger partial charge >= 0.3 is 5.97 Å². The van der Waals surface area contributed by atoms with Crippen molar-refractivity contribution in [1.29, 1.82) is 0 Å². The molecule has 0 aromatic carbocycles. The fourth-order valence-electron chi connectivity index (χ4n) is 1.46. The molecule has 0 bridgehead atoms. The summed E-state index contributed by atoms with van der Waals surface area (Å²) in [4.78, 5) is 37.5. The van der Waals surface area contributed by atoms with Gasteiger partial charge in [0.05, 0.1) is 0 Å². The van der Waals surface area contributed by atoms with E-state index in [-0.39, 0.29) is 6.42 Å². The van der Waals surface area contributed by atoms with Crippen molar-refractivity contribution >= 4 is 17.8 Å². The standard InChI is InChI=1S/C14H17N3O4/c1-2-11(14(20)21)17-13(19)4-3-12(18)16-9-10-5-7-15-8-6-10/h3-8,11H,2,9H2,1H3,(H,16,18)(H,17,19)(H,20,21)/b4-3+/t11-/m1/s1. The second-order valence-electron chi connectivity index (χ2n) is 4.21. The average molecular weight is 291 g/mol. The number of amides is 2. The summed E-state index contributed by atoms with van der Waals surface area (Å²) in [6.45, 7) is 1.96. The molecule has 0 radical (unpaired) electrons. The number of rotatable bonds is 7. The normalized spacial score (nSPS) is 11.9. The van der Waals surface area contributed by atoms with E-state index in [2.05, 4.69) is 15.6 Å². The number of aliphatic carboxylic acids is 1. The molecule has 1 rings (SSSR count). The van der Waals surface area contributed by atoms with Gasteiger partial charge in [0.25, 0.3) is 0 Å². The fourth-order valence-corrected chi connectivity index (χ4v) is 1.46. The van der Waals surface area contributed by atoms with Gasteiger partial charge in [-0.25, -0.2) is 4.79 Å². The van der Waals surface area contributed by atoms with Gasteiger partial charge in [0.15, 0.2) is 0 Å². The molecule has 0 unspecified atom stereocenters. The van der Waals surface area contributed by atoms with Crippen molar-refractivity contribution in [2.45, 2.75) is 25.9 Å². The Morgan fingerprint density at radius 2 is 1.86 bits per heavy atom. The third-order valence-corrected chi connectivity index (χ3v) is 2.63. The van der Waals surface area contributed by atoms with E-state index in [9.17, 15) is 14.4 Å². The van der Waals surface area contributed by atoms with Crippen LogP contribution in [-0.2, 0) is 20.9 Å². The minimum Gasteiger partial charge on any atom is -0.480 e. The number of carboxylic acids is 1. The number of hydrogen-bond donors (Lipinski definition) is 3. The van der Waals surface area contributed by atoms with E-state index in [1.807, 2.05) is 0 Å². The quantitative estimate of drug-likeness (QED) is 0.623. The third kappa shape index (κ3) is 6.33. The molecule has 1 aromatic rings. The first-order chi connectivity index (χ1) is 10.0. The Kier molecular flexibility index (Phi) is 6.59. The van der Waals surface area contributed by atoms with Crippen molar-refractivity contribution in [3.63, 3.8) is 0 Å². The lowest BCUT2D eigenvalue weighted by atomic mass is 10.2. The summed E-state index contributed by atoms with van der Waals surface area (Å²) in [6.07, 6.45) is 5.56. The van der Waals surface area contributed by atoms with Crippen molar-refractivity contribution in [2.24, 2.45) is 0 Å². The van der Waals surface area contributed by atoms with Crippen LogP contribution in [0.5, 0.6) is 0 Å². The maximum atomic E-state index is 11.5. The molecular formula is C14H17N3O4. The SMILES string of the molecule is CC[C@@H](NC(=O)/C=C/C(=O)NCc1ccncc1)C(=O)O. The molecule has 7 heteroatoms. The maximum Gasteiger partial charge on any atom is 0.326 e. The lowest BCUT2D eigenvalue weighted by Gasteiger charge is -2.09. The zero-order valence-corrected chi connectivity index (χ0v) is 11.6. The van der Waals surface area contributed by atoms with Crippen molar-refractivity contribution in [3.05, 3.63) is 42.2 Å². The van der Waals surface area contributed by atoms with Crippen LogP contribution in [-0.4, -0.2) is 33.9 Å². The average Bonchev–Trinajstić information content (AvgIpc) is 2.49. The number of pyridine rings is 1. The summed E-state index contributed by atoms with van der Waals surface area (Å²) in [5, 5.41) is 13.7. The molecule has 112 valence electrons. The van der Waals surface area contributed by atoms with E-state index < -0.39 is 23.8 Å². The Labute approximate surface area is 122 Å². The molecule has 1 atom stereocenters. The molecular weight excluding hydrogens is 274 g/mol. The highest BCUT2D eigenvalue weighted by Gasteiger charge is 2.15. The third-order valence-electron chi connectivity index (χ3n) is 2.63. The Balaban J connectivity index is 2.39. The molecule has 0 aliphatic heterocycles. The van der Waals surface area contributed by atoms with Crippen LogP contribution in [0.1, 0.15) is 18.9 Å². The largest absolute Gasteiger partial charge is 0.480 e. The number of carbonyl (C=O) groups is 3. The predicted octanol–water partition coefficient (Wildman–Crippen LogP) is 0.233. The number of carboxylic acid groups (broad SMARTS) is 1. The Hall–Kier alpha value is -2.70. The molecule has 0 aliphatic carbocycles. The molecule has 1 aromatic heterocycles. The number of aromatic nitrogens is 1. The zero-order valence-electron chi connectivity index (χ0n) is 11.6. The smallest absolute Gasteiger partial charge is 0.326 e. The topological polar surface area (TPSA) is 108 Å².